The molecule has 3 fully saturated rings. The van der Waals surface area contributed by atoms with Crippen molar-refractivity contribution in [3.63, 3.8) is 0 Å². The van der Waals surface area contributed by atoms with Gasteiger partial charge in [0.1, 0.15) is 5.54 Å². The van der Waals surface area contributed by atoms with Gasteiger partial charge in [-0.1, -0.05) is 31.5 Å². The van der Waals surface area contributed by atoms with E-state index in [2.05, 4.69) is 5.32 Å². The second-order valence-corrected chi connectivity index (χ2v) is 7.13. The van der Waals surface area contributed by atoms with Crippen LogP contribution in [0, 0.1) is 5.41 Å². The Labute approximate surface area is 124 Å². The zero-order valence-corrected chi connectivity index (χ0v) is 12.4. The number of imide groups is 1. The predicted molar refractivity (Wildman–Crippen MR) is 79.1 cm³/mol. The molecule has 2 aliphatic carbocycles. The van der Waals surface area contributed by atoms with Crippen LogP contribution in [0.1, 0.15) is 51.4 Å². The average Bonchev–Trinajstić information content (AvgIpc) is 3.10. The maximum atomic E-state index is 12.7. The summed E-state index contributed by atoms with van der Waals surface area (Å²) in [5.41, 5.74) is 4.97. The van der Waals surface area contributed by atoms with Crippen molar-refractivity contribution >= 4 is 29.1 Å². The molecule has 1 aliphatic heterocycles. The van der Waals surface area contributed by atoms with E-state index in [1.807, 2.05) is 0 Å². The van der Waals surface area contributed by atoms with Gasteiger partial charge >= 0.3 is 6.03 Å². The molecule has 3 amide bonds. The van der Waals surface area contributed by atoms with E-state index in [0.717, 1.165) is 44.9 Å². The fourth-order valence-electron chi connectivity index (χ4n) is 3.59. The molecule has 0 aromatic rings. The lowest BCUT2D eigenvalue weighted by Crippen LogP contribution is -2.48. The number of carbonyl (C=O) groups excluding carboxylic acids is 2. The quantitative estimate of drug-likeness (QED) is 0.611. The van der Waals surface area contributed by atoms with E-state index in [4.69, 9.17) is 18.0 Å². The standard InChI is InChI=1S/C14H21N3O2S/c15-10(20)8-13(6-7-13)9-17-11(18)14(16-12(17)19)4-2-1-3-5-14/h1-9H2,(H2,15,20)(H,16,19). The summed E-state index contributed by atoms with van der Waals surface area (Å²) in [7, 11) is 0. The number of nitrogens with two attached hydrogens (primary N) is 1. The molecule has 0 atom stereocenters. The number of hydrogen-bond donors (Lipinski definition) is 2. The lowest BCUT2D eigenvalue weighted by atomic mass is 9.81. The van der Waals surface area contributed by atoms with E-state index < -0.39 is 5.54 Å². The van der Waals surface area contributed by atoms with Crippen LogP contribution in [0.3, 0.4) is 0 Å². The fraction of sp³-hybridized carbons (Fsp3) is 0.786. The van der Waals surface area contributed by atoms with Crippen molar-refractivity contribution in [2.75, 3.05) is 6.54 Å². The van der Waals surface area contributed by atoms with Gasteiger partial charge in [0.25, 0.3) is 5.91 Å². The van der Waals surface area contributed by atoms with Crippen molar-refractivity contribution in [3.8, 4) is 0 Å². The van der Waals surface area contributed by atoms with E-state index in [1.54, 1.807) is 0 Å². The second kappa shape index (κ2) is 4.69. The lowest BCUT2D eigenvalue weighted by Gasteiger charge is -2.30. The Kier molecular flexibility index (Phi) is 3.23. The Morgan fingerprint density at radius 2 is 1.85 bits per heavy atom. The number of carbonyl (C=O) groups is 2. The molecular weight excluding hydrogens is 274 g/mol. The van der Waals surface area contributed by atoms with Crippen LogP contribution >= 0.6 is 12.2 Å². The third-order valence-corrected chi connectivity index (χ3v) is 5.10. The van der Waals surface area contributed by atoms with Crippen molar-refractivity contribution in [3.05, 3.63) is 0 Å². The smallest absolute Gasteiger partial charge is 0.325 e. The maximum absolute atomic E-state index is 12.7. The fourth-order valence-corrected chi connectivity index (χ4v) is 3.89. The molecule has 0 aromatic carbocycles. The summed E-state index contributed by atoms with van der Waals surface area (Å²) in [6.07, 6.45) is 7.34. The Morgan fingerprint density at radius 3 is 2.40 bits per heavy atom. The molecule has 1 heterocycles. The topological polar surface area (TPSA) is 75.4 Å². The molecule has 2 saturated carbocycles. The summed E-state index contributed by atoms with van der Waals surface area (Å²) in [6.45, 7) is 0.469. The number of thiocarbonyl (C=S) groups is 1. The van der Waals surface area contributed by atoms with Gasteiger partial charge in [-0.3, -0.25) is 9.69 Å². The van der Waals surface area contributed by atoms with Gasteiger partial charge in [-0.05, 0) is 31.1 Å². The van der Waals surface area contributed by atoms with Gasteiger partial charge < -0.3 is 11.1 Å². The number of amides is 3. The Morgan fingerprint density at radius 1 is 1.20 bits per heavy atom. The van der Waals surface area contributed by atoms with Crippen molar-refractivity contribution in [2.45, 2.75) is 56.9 Å². The molecule has 0 aromatic heterocycles. The molecule has 6 heteroatoms. The minimum atomic E-state index is -0.616. The first-order valence-electron chi connectivity index (χ1n) is 7.39. The highest BCUT2D eigenvalue weighted by Crippen LogP contribution is 2.50. The first-order chi connectivity index (χ1) is 9.46. The van der Waals surface area contributed by atoms with Crippen LogP contribution < -0.4 is 11.1 Å². The first kappa shape index (κ1) is 13.8. The predicted octanol–water partition coefficient (Wildman–Crippen LogP) is 1.70. The largest absolute Gasteiger partial charge is 0.393 e. The zero-order valence-electron chi connectivity index (χ0n) is 11.6. The minimum absolute atomic E-state index is 0.0311. The van der Waals surface area contributed by atoms with Crippen LogP contribution in [0.2, 0.25) is 0 Å². The molecule has 3 aliphatic rings. The van der Waals surface area contributed by atoms with Crippen molar-refractivity contribution in [1.82, 2.24) is 10.2 Å². The summed E-state index contributed by atoms with van der Waals surface area (Å²) in [5.74, 6) is -0.0311. The highest BCUT2D eigenvalue weighted by atomic mass is 32.1. The minimum Gasteiger partial charge on any atom is -0.393 e. The molecule has 1 spiro atoms. The van der Waals surface area contributed by atoms with Crippen molar-refractivity contribution < 1.29 is 9.59 Å². The maximum Gasteiger partial charge on any atom is 0.325 e. The van der Waals surface area contributed by atoms with Gasteiger partial charge in [0.05, 0.1) is 4.99 Å². The van der Waals surface area contributed by atoms with Crippen LogP contribution in [0.25, 0.3) is 0 Å². The van der Waals surface area contributed by atoms with E-state index in [1.165, 1.54) is 4.90 Å². The molecule has 0 unspecified atom stereocenters. The number of nitrogens with one attached hydrogen (secondary N) is 1. The zero-order chi connectivity index (χ0) is 14.4. The molecule has 110 valence electrons. The number of rotatable bonds is 4. The van der Waals surface area contributed by atoms with E-state index in [0.29, 0.717) is 18.0 Å². The van der Waals surface area contributed by atoms with Crippen LogP contribution in [-0.2, 0) is 4.79 Å². The highest BCUT2D eigenvalue weighted by Gasteiger charge is 2.55. The number of nitrogens with zero attached hydrogens (tertiary/aromatic N) is 1. The van der Waals surface area contributed by atoms with Crippen LogP contribution in [0.5, 0.6) is 0 Å². The summed E-state index contributed by atoms with van der Waals surface area (Å²) in [6, 6.07) is -0.230. The third-order valence-electron chi connectivity index (χ3n) is 4.95. The van der Waals surface area contributed by atoms with E-state index in [9.17, 15) is 9.59 Å². The van der Waals surface area contributed by atoms with Gasteiger partial charge in [-0.25, -0.2) is 4.79 Å². The van der Waals surface area contributed by atoms with Crippen LogP contribution in [0.15, 0.2) is 0 Å². The van der Waals surface area contributed by atoms with Gasteiger partial charge in [0, 0.05) is 13.0 Å². The highest BCUT2D eigenvalue weighted by molar-refractivity contribution is 7.80. The average molecular weight is 295 g/mol. The van der Waals surface area contributed by atoms with Gasteiger partial charge in [-0.15, -0.1) is 0 Å². The van der Waals surface area contributed by atoms with E-state index in [-0.39, 0.29) is 17.4 Å². The monoisotopic (exact) mass is 295 g/mol. The number of urea groups is 1. The lowest BCUT2D eigenvalue weighted by molar-refractivity contribution is -0.133. The summed E-state index contributed by atoms with van der Waals surface area (Å²) in [4.78, 5) is 26.7. The molecule has 0 bridgehead atoms. The SMILES string of the molecule is NC(=S)CC1(CN2C(=O)NC3(CCCCC3)C2=O)CC1. The number of hydrogen-bond acceptors (Lipinski definition) is 3. The first-order valence-corrected chi connectivity index (χ1v) is 7.80. The van der Waals surface area contributed by atoms with Crippen molar-refractivity contribution in [2.24, 2.45) is 11.1 Å². The molecule has 3 rings (SSSR count). The molecule has 1 saturated heterocycles. The molecule has 20 heavy (non-hydrogen) atoms. The van der Waals surface area contributed by atoms with E-state index >= 15 is 0 Å². The Balaban J connectivity index is 1.73. The molecular formula is C14H21N3O2S. The molecule has 0 radical (unpaired) electrons. The molecule has 3 N–H and O–H groups in total. The summed E-state index contributed by atoms with van der Waals surface area (Å²) in [5, 5.41) is 2.95. The van der Waals surface area contributed by atoms with Crippen molar-refractivity contribution in [1.29, 1.82) is 0 Å². The summed E-state index contributed by atoms with van der Waals surface area (Å²) >= 11 is 4.98. The van der Waals surface area contributed by atoms with Gasteiger partial charge in [-0.2, -0.15) is 0 Å². The third kappa shape index (κ3) is 2.30. The van der Waals surface area contributed by atoms with Crippen LogP contribution in [0.4, 0.5) is 4.79 Å². The van der Waals surface area contributed by atoms with Gasteiger partial charge in [0.2, 0.25) is 0 Å². The molecule has 5 nitrogen and oxygen atoms in total. The van der Waals surface area contributed by atoms with Gasteiger partial charge in [0.15, 0.2) is 0 Å². The van der Waals surface area contributed by atoms with Crippen LogP contribution in [-0.4, -0.2) is 33.9 Å². The normalized spacial score (nSPS) is 26.7. The summed E-state index contributed by atoms with van der Waals surface area (Å²) < 4.78 is 0. The Hall–Kier alpha value is -1.17. The Bertz CT molecular complexity index is 467. The second-order valence-electron chi connectivity index (χ2n) is 6.61.